The molecule has 1 N–H and O–H groups in total. The molecule has 0 saturated carbocycles. The van der Waals surface area contributed by atoms with Crippen molar-refractivity contribution in [3.63, 3.8) is 0 Å². The fraction of sp³-hybridized carbons (Fsp3) is 0.136. The Hall–Kier alpha value is -3.12. The van der Waals surface area contributed by atoms with Gasteiger partial charge in [-0.1, -0.05) is 35.9 Å². The number of fused-ring (bicyclic) bond motifs is 1. The van der Waals surface area contributed by atoms with Crippen LogP contribution in [0.2, 0.25) is 0 Å². The maximum absolute atomic E-state index is 11.8. The third-order valence-electron chi connectivity index (χ3n) is 4.71. The van der Waals surface area contributed by atoms with Gasteiger partial charge in [0.1, 0.15) is 17.2 Å². The minimum atomic E-state index is -3.24. The molecule has 0 radical (unpaired) electrons. The average Bonchev–Trinajstić information content (AvgIpc) is 3.03. The van der Waals surface area contributed by atoms with E-state index >= 15 is 0 Å². The van der Waals surface area contributed by atoms with Crippen molar-refractivity contribution in [2.24, 2.45) is 0 Å². The van der Waals surface area contributed by atoms with Crippen molar-refractivity contribution in [2.75, 3.05) is 11.6 Å². The minimum absolute atomic E-state index is 0.296. The third kappa shape index (κ3) is 3.39. The number of pyridine rings is 1. The zero-order valence-corrected chi connectivity index (χ0v) is 16.8. The van der Waals surface area contributed by atoms with E-state index in [1.54, 1.807) is 24.3 Å². The van der Waals surface area contributed by atoms with Crippen LogP contribution in [0.1, 0.15) is 11.3 Å². The smallest absolute Gasteiger partial charge is 0.175 e. The third-order valence-corrected chi connectivity index (χ3v) is 5.84. The van der Waals surface area contributed by atoms with Crippen LogP contribution in [0.4, 0.5) is 11.5 Å². The highest BCUT2D eigenvalue weighted by atomic mass is 32.2. The molecule has 4 aromatic rings. The molecule has 0 amide bonds. The fourth-order valence-electron chi connectivity index (χ4n) is 3.20. The number of imidazole rings is 1. The van der Waals surface area contributed by atoms with E-state index in [9.17, 15) is 8.42 Å². The Morgan fingerprint density at radius 3 is 2.21 bits per heavy atom. The molecule has 0 bridgehead atoms. The van der Waals surface area contributed by atoms with Crippen LogP contribution in [-0.4, -0.2) is 24.1 Å². The molecule has 0 aliphatic rings. The van der Waals surface area contributed by atoms with Gasteiger partial charge >= 0.3 is 0 Å². The molecule has 0 aliphatic heterocycles. The summed E-state index contributed by atoms with van der Waals surface area (Å²) in [6.45, 7) is 4.09. The van der Waals surface area contributed by atoms with Crippen molar-refractivity contribution in [3.8, 4) is 11.3 Å². The van der Waals surface area contributed by atoms with E-state index in [0.717, 1.165) is 34.1 Å². The lowest BCUT2D eigenvalue weighted by atomic mass is 10.1. The van der Waals surface area contributed by atoms with Gasteiger partial charge in [0.25, 0.3) is 0 Å². The second kappa shape index (κ2) is 6.80. The molecule has 4 rings (SSSR count). The Balaban J connectivity index is 1.88. The van der Waals surface area contributed by atoms with Gasteiger partial charge in [0.2, 0.25) is 0 Å². The maximum atomic E-state index is 11.8. The number of anilines is 2. The molecule has 5 nitrogen and oxygen atoms in total. The lowest BCUT2D eigenvalue weighted by Crippen LogP contribution is -2.00. The van der Waals surface area contributed by atoms with E-state index in [1.807, 2.05) is 37.3 Å². The summed E-state index contributed by atoms with van der Waals surface area (Å²) >= 11 is 0. The topological polar surface area (TPSA) is 63.5 Å². The standard InChI is InChI=1S/C22H21N3O2S/c1-15-7-11-18(12-8-15)23-22-21(24-20-6-4-5-16(2)25(20)22)17-9-13-19(14-10-17)28(3,26)27/h4-14,23H,1-3H3. The Kier molecular flexibility index (Phi) is 4.43. The summed E-state index contributed by atoms with van der Waals surface area (Å²) in [5, 5.41) is 3.49. The SMILES string of the molecule is Cc1ccc(Nc2c(-c3ccc(S(C)(=O)=O)cc3)nc3cccc(C)n23)cc1. The van der Waals surface area contributed by atoms with Gasteiger partial charge in [-0.2, -0.15) is 0 Å². The number of nitrogens with zero attached hydrogens (tertiary/aromatic N) is 2. The van der Waals surface area contributed by atoms with Crippen molar-refractivity contribution < 1.29 is 8.42 Å². The summed E-state index contributed by atoms with van der Waals surface area (Å²) in [5.41, 5.74) is 5.66. The molecule has 0 atom stereocenters. The molecule has 2 aromatic carbocycles. The normalized spacial score (nSPS) is 11.7. The minimum Gasteiger partial charge on any atom is -0.339 e. The second-order valence-corrected chi connectivity index (χ2v) is 8.97. The van der Waals surface area contributed by atoms with Gasteiger partial charge in [0.15, 0.2) is 9.84 Å². The number of sulfone groups is 1. The van der Waals surface area contributed by atoms with Gasteiger partial charge in [0, 0.05) is 23.2 Å². The van der Waals surface area contributed by atoms with E-state index in [-0.39, 0.29) is 0 Å². The summed E-state index contributed by atoms with van der Waals surface area (Å²) in [6, 6.07) is 21.0. The summed E-state index contributed by atoms with van der Waals surface area (Å²) in [4.78, 5) is 5.10. The van der Waals surface area contributed by atoms with Gasteiger partial charge in [-0.3, -0.25) is 4.40 Å². The molecule has 28 heavy (non-hydrogen) atoms. The lowest BCUT2D eigenvalue weighted by Gasteiger charge is -2.11. The molecule has 2 aromatic heterocycles. The van der Waals surface area contributed by atoms with E-state index < -0.39 is 9.84 Å². The van der Waals surface area contributed by atoms with Gasteiger partial charge in [-0.05, 0) is 50.2 Å². The number of hydrogen-bond donors (Lipinski definition) is 1. The van der Waals surface area contributed by atoms with Crippen LogP contribution in [0.3, 0.4) is 0 Å². The first-order valence-corrected chi connectivity index (χ1v) is 10.8. The van der Waals surface area contributed by atoms with Gasteiger partial charge in [-0.15, -0.1) is 0 Å². The number of hydrogen-bond acceptors (Lipinski definition) is 4. The van der Waals surface area contributed by atoms with Crippen LogP contribution >= 0.6 is 0 Å². The van der Waals surface area contributed by atoms with Crippen LogP contribution < -0.4 is 5.32 Å². The Bertz CT molecular complexity index is 1260. The highest BCUT2D eigenvalue weighted by Crippen LogP contribution is 2.32. The van der Waals surface area contributed by atoms with E-state index in [0.29, 0.717) is 4.90 Å². The Morgan fingerprint density at radius 1 is 0.893 bits per heavy atom. The van der Waals surface area contributed by atoms with Gasteiger partial charge in [0.05, 0.1) is 4.90 Å². The van der Waals surface area contributed by atoms with Crippen LogP contribution in [0.15, 0.2) is 71.6 Å². The predicted octanol–water partition coefficient (Wildman–Crippen LogP) is 4.77. The van der Waals surface area contributed by atoms with Crippen molar-refractivity contribution in [3.05, 3.63) is 78.0 Å². The fourth-order valence-corrected chi connectivity index (χ4v) is 3.84. The molecule has 6 heteroatoms. The number of rotatable bonds is 4. The first kappa shape index (κ1) is 18.3. The molecule has 0 spiro atoms. The van der Waals surface area contributed by atoms with E-state index in [4.69, 9.17) is 4.98 Å². The molecule has 0 unspecified atom stereocenters. The highest BCUT2D eigenvalue weighted by molar-refractivity contribution is 7.90. The summed E-state index contributed by atoms with van der Waals surface area (Å²) < 4.78 is 25.6. The molecule has 0 saturated heterocycles. The number of nitrogens with one attached hydrogen (secondary N) is 1. The van der Waals surface area contributed by atoms with Crippen LogP contribution in [0, 0.1) is 13.8 Å². The van der Waals surface area contributed by atoms with Crippen LogP contribution in [0.5, 0.6) is 0 Å². The average molecular weight is 391 g/mol. The largest absolute Gasteiger partial charge is 0.339 e. The van der Waals surface area contributed by atoms with Crippen LogP contribution in [0.25, 0.3) is 16.9 Å². The van der Waals surface area contributed by atoms with Crippen LogP contribution in [-0.2, 0) is 9.84 Å². The molecular weight excluding hydrogens is 370 g/mol. The summed E-state index contributed by atoms with van der Waals surface area (Å²) in [6.07, 6.45) is 1.21. The van der Waals surface area contributed by atoms with Crippen molar-refractivity contribution in [1.82, 2.24) is 9.38 Å². The van der Waals surface area contributed by atoms with Crippen molar-refractivity contribution in [2.45, 2.75) is 18.7 Å². The Morgan fingerprint density at radius 2 is 1.57 bits per heavy atom. The molecule has 0 aliphatic carbocycles. The zero-order chi connectivity index (χ0) is 19.9. The highest BCUT2D eigenvalue weighted by Gasteiger charge is 2.16. The van der Waals surface area contributed by atoms with Crippen molar-refractivity contribution >= 4 is 27.0 Å². The predicted molar refractivity (Wildman–Crippen MR) is 113 cm³/mol. The van der Waals surface area contributed by atoms with Gasteiger partial charge in [-0.25, -0.2) is 13.4 Å². The second-order valence-electron chi connectivity index (χ2n) is 6.96. The monoisotopic (exact) mass is 391 g/mol. The summed E-state index contributed by atoms with van der Waals surface area (Å²) in [7, 11) is -3.24. The van der Waals surface area contributed by atoms with Gasteiger partial charge < -0.3 is 5.32 Å². The van der Waals surface area contributed by atoms with E-state index in [2.05, 4.69) is 28.8 Å². The first-order valence-electron chi connectivity index (χ1n) is 8.95. The quantitative estimate of drug-likeness (QED) is 0.544. The lowest BCUT2D eigenvalue weighted by molar-refractivity contribution is 0.602. The first-order chi connectivity index (χ1) is 13.3. The maximum Gasteiger partial charge on any atom is 0.175 e. The Labute approximate surface area is 164 Å². The zero-order valence-electron chi connectivity index (χ0n) is 16.0. The summed E-state index contributed by atoms with van der Waals surface area (Å²) in [5.74, 6) is 0.851. The number of aromatic nitrogens is 2. The molecule has 142 valence electrons. The molecule has 0 fully saturated rings. The number of benzene rings is 2. The molecular formula is C22H21N3O2S. The van der Waals surface area contributed by atoms with E-state index in [1.165, 1.54) is 11.8 Å². The molecule has 2 heterocycles. The van der Waals surface area contributed by atoms with Crippen molar-refractivity contribution in [1.29, 1.82) is 0 Å². The number of aryl methyl sites for hydroxylation is 2.